The Morgan fingerprint density at radius 3 is 2.57 bits per heavy atom. The summed E-state index contributed by atoms with van der Waals surface area (Å²) in [6.45, 7) is 0. The van der Waals surface area contributed by atoms with Gasteiger partial charge in [-0.15, -0.1) is 11.3 Å². The highest BCUT2D eigenvalue weighted by Crippen LogP contribution is 2.44. The molecule has 2 heterocycles. The lowest BCUT2D eigenvalue weighted by atomic mass is 9.89. The smallest absolute Gasteiger partial charge is 0.225 e. The summed E-state index contributed by atoms with van der Waals surface area (Å²) in [6, 6.07) is 7.55. The first kappa shape index (κ1) is 14.2. The number of benzene rings is 1. The second-order valence-corrected chi connectivity index (χ2v) is 6.49. The molecule has 0 unspecified atom stereocenters. The van der Waals surface area contributed by atoms with Crippen LogP contribution in [0.15, 0.2) is 24.3 Å². The van der Waals surface area contributed by atoms with Crippen molar-refractivity contribution in [1.82, 2.24) is 0 Å². The van der Waals surface area contributed by atoms with Gasteiger partial charge >= 0.3 is 0 Å². The molecule has 0 radical (unpaired) electrons. The molecule has 0 aliphatic carbocycles. The third-order valence-corrected chi connectivity index (χ3v) is 4.88. The van der Waals surface area contributed by atoms with E-state index < -0.39 is 0 Å². The van der Waals surface area contributed by atoms with Gasteiger partial charge in [0.05, 0.1) is 18.6 Å². The van der Waals surface area contributed by atoms with Crippen LogP contribution in [0.3, 0.4) is 0 Å². The van der Waals surface area contributed by atoms with E-state index >= 15 is 0 Å². The molecule has 110 valence electrons. The summed E-state index contributed by atoms with van der Waals surface area (Å²) in [5.74, 6) is 1.23. The third kappa shape index (κ3) is 2.59. The molecule has 0 bridgehead atoms. The number of thiophene rings is 1. The van der Waals surface area contributed by atoms with Crippen molar-refractivity contribution < 1.29 is 14.3 Å². The summed E-state index contributed by atoms with van der Waals surface area (Å²) in [5.41, 5.74) is 1.78. The van der Waals surface area contributed by atoms with Gasteiger partial charge in [0.2, 0.25) is 5.91 Å². The molecule has 0 spiro atoms. The van der Waals surface area contributed by atoms with Crippen LogP contribution in [-0.4, -0.2) is 20.1 Å². The predicted octanol–water partition coefficient (Wildman–Crippen LogP) is 3.89. The lowest BCUT2D eigenvalue weighted by Gasteiger charge is -2.26. The SMILES string of the molecule is COc1cc2c(cc1OC)[C@H](c1ccc(Cl)s1)CC(=O)N2. The van der Waals surface area contributed by atoms with Gasteiger partial charge in [-0.2, -0.15) is 0 Å². The first-order valence-corrected chi connectivity index (χ1v) is 7.63. The quantitative estimate of drug-likeness (QED) is 0.932. The van der Waals surface area contributed by atoms with Crippen molar-refractivity contribution in [3.63, 3.8) is 0 Å². The average molecular weight is 324 g/mol. The fourth-order valence-corrected chi connectivity index (χ4v) is 3.74. The summed E-state index contributed by atoms with van der Waals surface area (Å²) >= 11 is 7.52. The minimum Gasteiger partial charge on any atom is -0.493 e. The molecule has 1 atom stereocenters. The van der Waals surface area contributed by atoms with Gasteiger partial charge in [-0.3, -0.25) is 4.79 Å². The van der Waals surface area contributed by atoms with Crippen molar-refractivity contribution in [1.29, 1.82) is 0 Å². The van der Waals surface area contributed by atoms with E-state index in [1.165, 1.54) is 11.3 Å². The van der Waals surface area contributed by atoms with E-state index in [2.05, 4.69) is 5.32 Å². The van der Waals surface area contributed by atoms with Crippen molar-refractivity contribution in [2.75, 3.05) is 19.5 Å². The lowest BCUT2D eigenvalue weighted by molar-refractivity contribution is -0.116. The van der Waals surface area contributed by atoms with E-state index in [9.17, 15) is 4.79 Å². The van der Waals surface area contributed by atoms with Crippen LogP contribution in [0.2, 0.25) is 4.34 Å². The Balaban J connectivity index is 2.12. The summed E-state index contributed by atoms with van der Waals surface area (Å²) < 4.78 is 11.4. The molecule has 2 aromatic rings. The molecular weight excluding hydrogens is 310 g/mol. The third-order valence-electron chi connectivity index (χ3n) is 3.53. The molecule has 3 rings (SSSR count). The Hall–Kier alpha value is -1.72. The minimum atomic E-state index is -0.00996. The lowest BCUT2D eigenvalue weighted by Crippen LogP contribution is -2.23. The minimum absolute atomic E-state index is 0.00828. The van der Waals surface area contributed by atoms with Gasteiger partial charge in [0.1, 0.15) is 0 Å². The van der Waals surface area contributed by atoms with Crippen LogP contribution in [0.25, 0.3) is 0 Å². The number of halogens is 1. The number of amides is 1. The first-order valence-electron chi connectivity index (χ1n) is 6.43. The highest BCUT2D eigenvalue weighted by Gasteiger charge is 2.29. The summed E-state index contributed by atoms with van der Waals surface area (Å²) in [6.07, 6.45) is 0.402. The van der Waals surface area contributed by atoms with Crippen LogP contribution < -0.4 is 14.8 Å². The Morgan fingerprint density at radius 2 is 1.95 bits per heavy atom. The maximum absolute atomic E-state index is 12.0. The standard InChI is InChI=1S/C15H14ClNO3S/c1-19-11-5-8-9(13-3-4-14(16)21-13)6-15(18)17-10(8)7-12(11)20-2/h3-5,7,9H,6H2,1-2H3,(H,17,18)/t9-/m1/s1. The fourth-order valence-electron chi connectivity index (χ4n) is 2.56. The second kappa shape index (κ2) is 5.58. The summed E-state index contributed by atoms with van der Waals surface area (Å²) in [5, 5.41) is 2.89. The molecule has 0 fully saturated rings. The van der Waals surface area contributed by atoms with Crippen LogP contribution in [0.4, 0.5) is 5.69 Å². The van der Waals surface area contributed by atoms with E-state index in [1.807, 2.05) is 18.2 Å². The van der Waals surface area contributed by atoms with Gasteiger partial charge < -0.3 is 14.8 Å². The van der Waals surface area contributed by atoms with Crippen molar-refractivity contribution in [3.8, 4) is 11.5 Å². The van der Waals surface area contributed by atoms with Gasteiger partial charge in [0.15, 0.2) is 11.5 Å². The number of carbonyl (C=O) groups excluding carboxylic acids is 1. The van der Waals surface area contributed by atoms with E-state index in [0.29, 0.717) is 17.9 Å². The van der Waals surface area contributed by atoms with Crippen molar-refractivity contribution in [2.24, 2.45) is 0 Å². The average Bonchev–Trinajstić information content (AvgIpc) is 2.91. The van der Waals surface area contributed by atoms with E-state index in [4.69, 9.17) is 21.1 Å². The number of nitrogens with one attached hydrogen (secondary N) is 1. The zero-order valence-electron chi connectivity index (χ0n) is 11.6. The van der Waals surface area contributed by atoms with E-state index in [-0.39, 0.29) is 11.8 Å². The number of hydrogen-bond donors (Lipinski definition) is 1. The van der Waals surface area contributed by atoms with Crippen LogP contribution in [-0.2, 0) is 4.79 Å². The number of fused-ring (bicyclic) bond motifs is 1. The van der Waals surface area contributed by atoms with Gasteiger partial charge in [0, 0.05) is 29.0 Å². The van der Waals surface area contributed by atoms with Crippen molar-refractivity contribution in [3.05, 3.63) is 39.0 Å². The van der Waals surface area contributed by atoms with Gasteiger partial charge in [-0.25, -0.2) is 0 Å². The van der Waals surface area contributed by atoms with E-state index in [1.54, 1.807) is 20.3 Å². The molecule has 21 heavy (non-hydrogen) atoms. The second-order valence-electron chi connectivity index (χ2n) is 4.74. The number of anilines is 1. The van der Waals surface area contributed by atoms with Crippen LogP contribution in [0.5, 0.6) is 11.5 Å². The molecule has 1 N–H and O–H groups in total. The fraction of sp³-hybridized carbons (Fsp3) is 0.267. The molecule has 0 saturated heterocycles. The normalized spacial score (nSPS) is 17.1. The Labute approximate surface area is 131 Å². The molecule has 0 saturated carbocycles. The number of carbonyl (C=O) groups is 1. The van der Waals surface area contributed by atoms with Gasteiger partial charge in [0.25, 0.3) is 0 Å². The van der Waals surface area contributed by atoms with Gasteiger partial charge in [-0.05, 0) is 23.8 Å². The van der Waals surface area contributed by atoms with Crippen molar-refractivity contribution >= 4 is 34.5 Å². The number of methoxy groups -OCH3 is 2. The Morgan fingerprint density at radius 1 is 1.24 bits per heavy atom. The Bertz CT molecular complexity index is 698. The molecule has 1 amide bonds. The molecule has 1 aliphatic rings. The molecule has 1 aromatic heterocycles. The number of hydrogen-bond acceptors (Lipinski definition) is 4. The van der Waals surface area contributed by atoms with Crippen LogP contribution in [0, 0.1) is 0 Å². The van der Waals surface area contributed by atoms with Crippen LogP contribution >= 0.6 is 22.9 Å². The number of rotatable bonds is 3. The van der Waals surface area contributed by atoms with E-state index in [0.717, 1.165) is 20.5 Å². The largest absolute Gasteiger partial charge is 0.493 e. The zero-order valence-corrected chi connectivity index (χ0v) is 13.2. The Kier molecular flexibility index (Phi) is 3.78. The topological polar surface area (TPSA) is 47.6 Å². The molecule has 6 heteroatoms. The predicted molar refractivity (Wildman–Crippen MR) is 84.0 cm³/mol. The summed E-state index contributed by atoms with van der Waals surface area (Å²) in [4.78, 5) is 13.0. The summed E-state index contributed by atoms with van der Waals surface area (Å²) in [7, 11) is 3.17. The zero-order chi connectivity index (χ0) is 15.0. The highest BCUT2D eigenvalue weighted by molar-refractivity contribution is 7.16. The monoisotopic (exact) mass is 323 g/mol. The molecule has 1 aromatic carbocycles. The molecule has 1 aliphatic heterocycles. The molecule has 4 nitrogen and oxygen atoms in total. The maximum Gasteiger partial charge on any atom is 0.225 e. The molecular formula is C15H14ClNO3S. The van der Waals surface area contributed by atoms with Crippen molar-refractivity contribution in [2.45, 2.75) is 12.3 Å². The highest BCUT2D eigenvalue weighted by atomic mass is 35.5. The van der Waals surface area contributed by atoms with Gasteiger partial charge in [-0.1, -0.05) is 11.6 Å². The number of ether oxygens (including phenoxy) is 2. The first-order chi connectivity index (χ1) is 10.1. The maximum atomic E-state index is 12.0. The van der Waals surface area contributed by atoms with Crippen LogP contribution in [0.1, 0.15) is 22.8 Å².